The molecule has 1 aliphatic rings. The first-order chi connectivity index (χ1) is 11.8. The van der Waals surface area contributed by atoms with Crippen LogP contribution in [0, 0.1) is 0 Å². The largest absolute Gasteiger partial charge is 0.493 e. The van der Waals surface area contributed by atoms with Gasteiger partial charge in [0, 0.05) is 18.5 Å². The van der Waals surface area contributed by atoms with Crippen LogP contribution in [0.5, 0.6) is 5.75 Å². The molecular weight excluding hydrogens is 298 g/mol. The molecule has 0 saturated heterocycles. The third kappa shape index (κ3) is 4.07. The molecule has 0 aliphatic carbocycles. The highest BCUT2D eigenvalue weighted by atomic mass is 16.5. The Morgan fingerprint density at radius 3 is 2.71 bits per heavy atom. The van der Waals surface area contributed by atoms with Gasteiger partial charge in [0.05, 0.1) is 12.6 Å². The predicted octanol–water partition coefficient (Wildman–Crippen LogP) is 3.22. The summed E-state index contributed by atoms with van der Waals surface area (Å²) in [7, 11) is 0. The van der Waals surface area contributed by atoms with E-state index in [1.807, 2.05) is 18.2 Å². The van der Waals surface area contributed by atoms with Crippen LogP contribution in [0.4, 0.5) is 0 Å². The number of nitrogens with two attached hydrogens (primary N) is 1. The van der Waals surface area contributed by atoms with E-state index in [2.05, 4.69) is 47.6 Å². The second kappa shape index (κ2) is 7.86. The van der Waals surface area contributed by atoms with E-state index in [1.165, 1.54) is 11.1 Å². The zero-order valence-electron chi connectivity index (χ0n) is 14.2. The lowest BCUT2D eigenvalue weighted by molar-refractivity contribution is 0.262. The number of para-hydroxylation sites is 1. The molecule has 126 valence electrons. The lowest BCUT2D eigenvalue weighted by Crippen LogP contribution is -2.37. The minimum Gasteiger partial charge on any atom is -0.493 e. The summed E-state index contributed by atoms with van der Waals surface area (Å²) in [5.41, 5.74) is 9.87. The van der Waals surface area contributed by atoms with Gasteiger partial charge < -0.3 is 15.8 Å². The van der Waals surface area contributed by atoms with E-state index >= 15 is 0 Å². The lowest BCUT2D eigenvalue weighted by atomic mass is 10.0. The van der Waals surface area contributed by atoms with Crippen molar-refractivity contribution >= 4 is 5.96 Å². The normalized spacial score (nSPS) is 17.0. The molecule has 0 radical (unpaired) electrons. The van der Waals surface area contributed by atoms with Gasteiger partial charge in [-0.05, 0) is 30.0 Å². The maximum Gasteiger partial charge on any atom is 0.189 e. The van der Waals surface area contributed by atoms with Crippen LogP contribution in [0.15, 0.2) is 53.5 Å². The molecular formula is C20H25N3O. The van der Waals surface area contributed by atoms with Crippen molar-refractivity contribution in [1.29, 1.82) is 0 Å². The molecule has 2 aromatic rings. The average molecular weight is 323 g/mol. The molecule has 3 rings (SSSR count). The zero-order chi connectivity index (χ0) is 16.8. The highest BCUT2D eigenvalue weighted by Gasteiger charge is 2.21. The molecule has 4 nitrogen and oxygen atoms in total. The zero-order valence-corrected chi connectivity index (χ0v) is 14.2. The molecule has 0 fully saturated rings. The van der Waals surface area contributed by atoms with Crippen molar-refractivity contribution in [2.75, 3.05) is 13.2 Å². The summed E-state index contributed by atoms with van der Waals surface area (Å²) in [6.07, 6.45) is 2.87. The Kier molecular flexibility index (Phi) is 5.36. The number of hydrogen-bond donors (Lipinski definition) is 2. The smallest absolute Gasteiger partial charge is 0.189 e. The molecule has 1 atom stereocenters. The van der Waals surface area contributed by atoms with E-state index in [0.29, 0.717) is 19.1 Å². The monoisotopic (exact) mass is 323 g/mol. The van der Waals surface area contributed by atoms with Crippen LogP contribution in [0.1, 0.15) is 36.1 Å². The quantitative estimate of drug-likeness (QED) is 0.656. The fourth-order valence-electron chi connectivity index (χ4n) is 2.96. The van der Waals surface area contributed by atoms with Gasteiger partial charge in [0.15, 0.2) is 5.96 Å². The first-order valence-corrected chi connectivity index (χ1v) is 8.62. The molecule has 0 amide bonds. The van der Waals surface area contributed by atoms with Gasteiger partial charge in [-0.3, -0.25) is 4.99 Å². The molecule has 1 heterocycles. The average Bonchev–Trinajstić information content (AvgIpc) is 2.63. The SMILES string of the molecule is CCc1ccc(CCN=C(N)NC2CCOc3ccccc32)cc1. The van der Waals surface area contributed by atoms with Crippen molar-refractivity contribution in [3.8, 4) is 5.75 Å². The number of benzene rings is 2. The molecule has 1 aliphatic heterocycles. The topological polar surface area (TPSA) is 59.6 Å². The number of aliphatic imine (C=N–C) groups is 1. The summed E-state index contributed by atoms with van der Waals surface area (Å²) >= 11 is 0. The number of fused-ring (bicyclic) bond motifs is 1. The molecule has 3 N–H and O–H groups in total. The molecule has 1 unspecified atom stereocenters. The van der Waals surface area contributed by atoms with Gasteiger partial charge in [-0.25, -0.2) is 0 Å². The standard InChI is InChI=1S/C20H25N3O/c1-2-15-7-9-16(10-8-15)11-13-22-20(21)23-18-12-14-24-19-6-4-3-5-17(18)19/h3-10,18H,2,11-14H2,1H3,(H3,21,22,23). The Hall–Kier alpha value is -2.49. The van der Waals surface area contributed by atoms with Gasteiger partial charge in [0.25, 0.3) is 0 Å². The van der Waals surface area contributed by atoms with Crippen LogP contribution in [0.2, 0.25) is 0 Å². The van der Waals surface area contributed by atoms with Gasteiger partial charge in [0.2, 0.25) is 0 Å². The van der Waals surface area contributed by atoms with E-state index in [-0.39, 0.29) is 6.04 Å². The van der Waals surface area contributed by atoms with Gasteiger partial charge in [-0.15, -0.1) is 0 Å². The highest BCUT2D eigenvalue weighted by Crippen LogP contribution is 2.31. The number of guanidine groups is 1. The third-order valence-electron chi connectivity index (χ3n) is 4.39. The molecule has 2 aromatic carbocycles. The van der Waals surface area contributed by atoms with E-state index in [9.17, 15) is 0 Å². The van der Waals surface area contributed by atoms with Gasteiger partial charge >= 0.3 is 0 Å². The summed E-state index contributed by atoms with van der Waals surface area (Å²) in [5, 5.41) is 3.33. The summed E-state index contributed by atoms with van der Waals surface area (Å²) in [5.74, 6) is 1.44. The van der Waals surface area contributed by atoms with Crippen molar-refractivity contribution in [3.63, 3.8) is 0 Å². The fraction of sp³-hybridized carbons (Fsp3) is 0.350. The van der Waals surface area contributed by atoms with Crippen molar-refractivity contribution in [2.24, 2.45) is 10.7 Å². The Bertz CT molecular complexity index is 694. The summed E-state index contributed by atoms with van der Waals surface area (Å²) in [6, 6.07) is 17.0. The predicted molar refractivity (Wildman–Crippen MR) is 98.4 cm³/mol. The van der Waals surface area contributed by atoms with Crippen molar-refractivity contribution in [3.05, 3.63) is 65.2 Å². The minimum atomic E-state index is 0.169. The molecule has 0 aromatic heterocycles. The van der Waals surface area contributed by atoms with Crippen LogP contribution in [-0.4, -0.2) is 19.1 Å². The molecule has 0 spiro atoms. The molecule has 0 saturated carbocycles. The molecule has 24 heavy (non-hydrogen) atoms. The van der Waals surface area contributed by atoms with E-state index < -0.39 is 0 Å². The van der Waals surface area contributed by atoms with Crippen LogP contribution < -0.4 is 15.8 Å². The van der Waals surface area contributed by atoms with Crippen molar-refractivity contribution in [1.82, 2.24) is 5.32 Å². The lowest BCUT2D eigenvalue weighted by Gasteiger charge is -2.26. The van der Waals surface area contributed by atoms with Crippen LogP contribution in [0.3, 0.4) is 0 Å². The summed E-state index contributed by atoms with van der Waals surface area (Å²) in [4.78, 5) is 4.47. The van der Waals surface area contributed by atoms with E-state index in [1.54, 1.807) is 0 Å². The number of rotatable bonds is 5. The van der Waals surface area contributed by atoms with E-state index in [0.717, 1.165) is 30.6 Å². The van der Waals surface area contributed by atoms with Gasteiger partial charge in [0.1, 0.15) is 5.75 Å². The van der Waals surface area contributed by atoms with Gasteiger partial charge in [-0.2, -0.15) is 0 Å². The number of aryl methyl sites for hydroxylation is 1. The summed E-state index contributed by atoms with van der Waals surface area (Å²) < 4.78 is 5.67. The number of ether oxygens (including phenoxy) is 1. The maximum atomic E-state index is 6.07. The second-order valence-electron chi connectivity index (χ2n) is 6.06. The van der Waals surface area contributed by atoms with E-state index in [4.69, 9.17) is 10.5 Å². The van der Waals surface area contributed by atoms with Crippen LogP contribution in [-0.2, 0) is 12.8 Å². The van der Waals surface area contributed by atoms with Gasteiger partial charge in [-0.1, -0.05) is 49.4 Å². The van der Waals surface area contributed by atoms with Crippen LogP contribution in [0.25, 0.3) is 0 Å². The second-order valence-corrected chi connectivity index (χ2v) is 6.06. The first-order valence-electron chi connectivity index (χ1n) is 8.62. The molecule has 4 heteroatoms. The Balaban J connectivity index is 1.55. The molecule has 0 bridgehead atoms. The van der Waals surface area contributed by atoms with Crippen LogP contribution >= 0.6 is 0 Å². The minimum absolute atomic E-state index is 0.169. The van der Waals surface area contributed by atoms with Crippen molar-refractivity contribution < 1.29 is 4.74 Å². The number of hydrogen-bond acceptors (Lipinski definition) is 2. The Morgan fingerprint density at radius 1 is 1.17 bits per heavy atom. The third-order valence-corrected chi connectivity index (χ3v) is 4.39. The Morgan fingerprint density at radius 2 is 1.92 bits per heavy atom. The maximum absolute atomic E-state index is 6.07. The summed E-state index contributed by atoms with van der Waals surface area (Å²) in [6.45, 7) is 3.56. The fourth-order valence-corrected chi connectivity index (χ4v) is 2.96. The Labute approximate surface area is 143 Å². The number of nitrogens with zero attached hydrogens (tertiary/aromatic N) is 1. The number of nitrogens with one attached hydrogen (secondary N) is 1. The van der Waals surface area contributed by atoms with Crippen molar-refractivity contribution in [2.45, 2.75) is 32.2 Å². The highest BCUT2D eigenvalue weighted by molar-refractivity contribution is 5.78. The first kappa shape index (κ1) is 16.4.